The van der Waals surface area contributed by atoms with Gasteiger partial charge in [0.25, 0.3) is 0 Å². The zero-order valence-corrected chi connectivity index (χ0v) is 18.4. The SMILES string of the molecule is Nc1nc(-c2c(O)cccc2OCc2cccc3ccccc23)cc(C2CCCNC2)c1N. The number of phenolic OH excluding ortho intramolecular Hbond substituents is 1. The minimum atomic E-state index is 0.0924. The summed E-state index contributed by atoms with van der Waals surface area (Å²) in [6, 6.07) is 21.6. The molecule has 6 N–H and O–H groups in total. The zero-order valence-electron chi connectivity index (χ0n) is 18.4. The Hall–Kier alpha value is -3.77. The van der Waals surface area contributed by atoms with E-state index in [0.717, 1.165) is 47.8 Å². The number of anilines is 2. The molecular weight excluding hydrogens is 412 g/mol. The summed E-state index contributed by atoms with van der Waals surface area (Å²) in [4.78, 5) is 4.52. The quantitative estimate of drug-likeness (QED) is 0.355. The third kappa shape index (κ3) is 4.17. The molecule has 4 aromatic rings. The van der Waals surface area contributed by atoms with Crippen LogP contribution in [0.1, 0.15) is 29.9 Å². The molecule has 5 rings (SSSR count). The summed E-state index contributed by atoms with van der Waals surface area (Å²) in [7, 11) is 0. The molecule has 6 heteroatoms. The molecule has 1 aliphatic rings. The maximum absolute atomic E-state index is 10.8. The molecule has 1 aromatic heterocycles. The molecular formula is C27H28N4O2. The zero-order chi connectivity index (χ0) is 22.8. The average molecular weight is 441 g/mol. The van der Waals surface area contributed by atoms with Crippen LogP contribution in [0.4, 0.5) is 11.5 Å². The fourth-order valence-corrected chi connectivity index (χ4v) is 4.65. The highest BCUT2D eigenvalue weighted by Gasteiger charge is 2.22. The van der Waals surface area contributed by atoms with Crippen LogP contribution in [0.5, 0.6) is 11.5 Å². The molecule has 0 spiro atoms. The van der Waals surface area contributed by atoms with E-state index in [1.807, 2.05) is 30.3 Å². The second-order valence-corrected chi connectivity index (χ2v) is 8.52. The third-order valence-electron chi connectivity index (χ3n) is 6.38. The van der Waals surface area contributed by atoms with E-state index >= 15 is 0 Å². The summed E-state index contributed by atoms with van der Waals surface area (Å²) >= 11 is 0. The lowest BCUT2D eigenvalue weighted by Crippen LogP contribution is -2.29. The van der Waals surface area contributed by atoms with Gasteiger partial charge in [0, 0.05) is 6.54 Å². The number of hydrogen-bond acceptors (Lipinski definition) is 6. The fourth-order valence-electron chi connectivity index (χ4n) is 4.65. The number of pyridine rings is 1. The van der Waals surface area contributed by atoms with Crippen molar-refractivity contribution in [3.63, 3.8) is 0 Å². The molecule has 6 nitrogen and oxygen atoms in total. The molecule has 0 aliphatic carbocycles. The predicted octanol–water partition coefficient (Wildman–Crippen LogP) is 4.82. The molecule has 1 fully saturated rings. The van der Waals surface area contributed by atoms with Crippen LogP contribution < -0.4 is 21.5 Å². The number of nitrogens with two attached hydrogens (primary N) is 2. The van der Waals surface area contributed by atoms with Crippen LogP contribution in [-0.2, 0) is 6.61 Å². The maximum Gasteiger partial charge on any atom is 0.147 e. The fraction of sp³-hybridized carbons (Fsp3) is 0.222. The first-order valence-corrected chi connectivity index (χ1v) is 11.3. The van der Waals surface area contributed by atoms with E-state index in [-0.39, 0.29) is 17.5 Å². The molecule has 3 aromatic carbocycles. The second-order valence-electron chi connectivity index (χ2n) is 8.52. The molecule has 0 bridgehead atoms. The van der Waals surface area contributed by atoms with Gasteiger partial charge in [-0.3, -0.25) is 0 Å². The van der Waals surface area contributed by atoms with Gasteiger partial charge in [-0.2, -0.15) is 0 Å². The second kappa shape index (κ2) is 9.00. The standard InChI is InChI=1S/C27H28N4O2/c28-26-21(18-9-5-13-30-15-18)14-22(31-27(26)29)25-23(32)11-4-12-24(25)33-16-19-8-3-7-17-6-1-2-10-20(17)19/h1-4,6-8,10-12,14,18,30,32H,5,9,13,15-16,28H2,(H2,29,31). The topological polar surface area (TPSA) is 106 Å². The van der Waals surface area contributed by atoms with Gasteiger partial charge in [-0.1, -0.05) is 48.5 Å². The molecule has 2 heterocycles. The molecule has 0 radical (unpaired) electrons. The van der Waals surface area contributed by atoms with Crippen molar-refractivity contribution >= 4 is 22.3 Å². The molecule has 1 atom stereocenters. The summed E-state index contributed by atoms with van der Waals surface area (Å²) in [5, 5.41) is 16.5. The highest BCUT2D eigenvalue weighted by Crippen LogP contribution is 2.41. The summed E-state index contributed by atoms with van der Waals surface area (Å²) in [6.45, 7) is 2.22. The van der Waals surface area contributed by atoms with Crippen LogP contribution in [0.25, 0.3) is 22.0 Å². The Morgan fingerprint density at radius 3 is 2.70 bits per heavy atom. The number of rotatable bonds is 5. The van der Waals surface area contributed by atoms with Gasteiger partial charge in [0.2, 0.25) is 0 Å². The molecule has 0 saturated carbocycles. The van der Waals surface area contributed by atoms with Crippen LogP contribution in [0, 0.1) is 0 Å². The van der Waals surface area contributed by atoms with E-state index in [0.29, 0.717) is 29.3 Å². The van der Waals surface area contributed by atoms with E-state index in [1.54, 1.807) is 12.1 Å². The van der Waals surface area contributed by atoms with E-state index in [2.05, 4.69) is 34.6 Å². The summed E-state index contributed by atoms with van der Waals surface area (Å²) < 4.78 is 6.24. The van der Waals surface area contributed by atoms with Crippen LogP contribution in [0.3, 0.4) is 0 Å². The number of nitrogen functional groups attached to an aromatic ring is 2. The Kier molecular flexibility index (Phi) is 5.75. The first kappa shape index (κ1) is 21.1. The molecule has 0 amide bonds. The van der Waals surface area contributed by atoms with Gasteiger partial charge in [-0.15, -0.1) is 0 Å². The highest BCUT2D eigenvalue weighted by atomic mass is 16.5. The van der Waals surface area contributed by atoms with Gasteiger partial charge in [-0.25, -0.2) is 4.98 Å². The Balaban J connectivity index is 1.52. The van der Waals surface area contributed by atoms with E-state index in [1.165, 1.54) is 0 Å². The number of nitrogens with one attached hydrogen (secondary N) is 1. The van der Waals surface area contributed by atoms with Gasteiger partial charge in [0.15, 0.2) is 0 Å². The first-order valence-electron chi connectivity index (χ1n) is 11.3. The van der Waals surface area contributed by atoms with Crippen LogP contribution in [0.15, 0.2) is 66.7 Å². The molecule has 1 unspecified atom stereocenters. The smallest absolute Gasteiger partial charge is 0.147 e. The van der Waals surface area contributed by atoms with Crippen molar-refractivity contribution < 1.29 is 9.84 Å². The Bertz CT molecular complexity index is 1290. The summed E-state index contributed by atoms with van der Waals surface area (Å²) in [6.07, 6.45) is 2.11. The van der Waals surface area contributed by atoms with Crippen LogP contribution >= 0.6 is 0 Å². The monoisotopic (exact) mass is 440 g/mol. The van der Waals surface area contributed by atoms with E-state index < -0.39 is 0 Å². The normalized spacial score (nSPS) is 16.1. The van der Waals surface area contributed by atoms with Gasteiger partial charge < -0.3 is 26.6 Å². The maximum atomic E-state index is 10.8. The highest BCUT2D eigenvalue weighted by molar-refractivity contribution is 5.85. The van der Waals surface area contributed by atoms with Crippen molar-refractivity contribution in [2.45, 2.75) is 25.4 Å². The minimum absolute atomic E-state index is 0.0924. The lowest BCUT2D eigenvalue weighted by Gasteiger charge is -2.25. The van der Waals surface area contributed by atoms with Crippen molar-refractivity contribution in [2.75, 3.05) is 24.6 Å². The largest absolute Gasteiger partial charge is 0.507 e. The summed E-state index contributed by atoms with van der Waals surface area (Å²) in [5.74, 6) is 1.17. The van der Waals surface area contributed by atoms with Gasteiger partial charge in [-0.05, 0) is 65.4 Å². The predicted molar refractivity (Wildman–Crippen MR) is 133 cm³/mol. The molecule has 1 aliphatic heterocycles. The number of ether oxygens (including phenoxy) is 1. The summed E-state index contributed by atoms with van der Waals surface area (Å²) in [5.41, 5.74) is 16.2. The number of piperidine rings is 1. The van der Waals surface area contributed by atoms with E-state index in [9.17, 15) is 5.11 Å². The lowest BCUT2D eigenvalue weighted by molar-refractivity contribution is 0.307. The first-order chi connectivity index (χ1) is 16.1. The number of fused-ring (bicyclic) bond motifs is 1. The number of hydrogen-bond donors (Lipinski definition) is 4. The van der Waals surface area contributed by atoms with Crippen molar-refractivity contribution in [1.29, 1.82) is 0 Å². The number of benzene rings is 3. The lowest BCUT2D eigenvalue weighted by atomic mass is 9.89. The van der Waals surface area contributed by atoms with Crippen molar-refractivity contribution in [2.24, 2.45) is 0 Å². The van der Waals surface area contributed by atoms with Gasteiger partial charge in [0.1, 0.15) is 23.9 Å². The van der Waals surface area contributed by atoms with Crippen molar-refractivity contribution in [3.05, 3.63) is 77.9 Å². The Labute approximate surface area is 193 Å². The van der Waals surface area contributed by atoms with Gasteiger partial charge in [0.05, 0.1) is 16.9 Å². The molecule has 168 valence electrons. The minimum Gasteiger partial charge on any atom is -0.507 e. The van der Waals surface area contributed by atoms with Crippen LogP contribution in [0.2, 0.25) is 0 Å². The number of nitrogens with zero attached hydrogens (tertiary/aromatic N) is 1. The Morgan fingerprint density at radius 1 is 1.03 bits per heavy atom. The number of aromatic hydroxyl groups is 1. The van der Waals surface area contributed by atoms with Crippen LogP contribution in [-0.4, -0.2) is 23.2 Å². The Morgan fingerprint density at radius 2 is 1.85 bits per heavy atom. The van der Waals surface area contributed by atoms with Crippen molar-refractivity contribution in [1.82, 2.24) is 10.3 Å². The number of phenols is 1. The van der Waals surface area contributed by atoms with Gasteiger partial charge >= 0.3 is 0 Å². The van der Waals surface area contributed by atoms with E-state index in [4.69, 9.17) is 16.2 Å². The number of aromatic nitrogens is 1. The molecule has 1 saturated heterocycles. The van der Waals surface area contributed by atoms with Crippen molar-refractivity contribution in [3.8, 4) is 22.8 Å². The third-order valence-corrected chi connectivity index (χ3v) is 6.38. The molecule has 33 heavy (non-hydrogen) atoms. The average Bonchev–Trinajstić information content (AvgIpc) is 2.85.